The summed E-state index contributed by atoms with van der Waals surface area (Å²) >= 11 is 0. The zero-order valence-corrected chi connectivity index (χ0v) is 14.1. The molecule has 1 heterocycles. The van der Waals surface area contributed by atoms with Crippen molar-refractivity contribution in [3.8, 4) is 0 Å². The average Bonchev–Trinajstić information content (AvgIpc) is 2.38. The molecule has 4 atom stereocenters. The second-order valence-corrected chi connectivity index (χ2v) is 7.73. The first-order valence-corrected chi connectivity index (χ1v) is 8.92. The molecule has 20 heavy (non-hydrogen) atoms. The van der Waals surface area contributed by atoms with Crippen LogP contribution >= 0.6 is 0 Å². The second kappa shape index (κ2) is 7.26. The third-order valence-corrected chi connectivity index (χ3v) is 5.46. The smallest absolute Gasteiger partial charge is 0.0809 e. The molecule has 0 amide bonds. The normalized spacial score (nSPS) is 40.5. The van der Waals surface area contributed by atoms with Gasteiger partial charge in [-0.2, -0.15) is 0 Å². The maximum Gasteiger partial charge on any atom is 0.0809 e. The summed E-state index contributed by atoms with van der Waals surface area (Å²) in [5.41, 5.74) is 0.0644. The highest BCUT2D eigenvalue weighted by Gasteiger charge is 2.42. The minimum absolute atomic E-state index is 0.0644. The summed E-state index contributed by atoms with van der Waals surface area (Å²) < 4.78 is 6.29. The van der Waals surface area contributed by atoms with Gasteiger partial charge in [-0.3, -0.25) is 0 Å². The van der Waals surface area contributed by atoms with Crippen LogP contribution in [0.3, 0.4) is 0 Å². The fourth-order valence-electron chi connectivity index (χ4n) is 4.66. The monoisotopic (exact) mass is 281 g/mol. The molecule has 2 fully saturated rings. The van der Waals surface area contributed by atoms with Crippen LogP contribution in [0.5, 0.6) is 0 Å². The van der Waals surface area contributed by atoms with Gasteiger partial charge >= 0.3 is 0 Å². The highest BCUT2D eigenvalue weighted by Crippen LogP contribution is 2.40. The van der Waals surface area contributed by atoms with Crippen molar-refractivity contribution >= 4 is 0 Å². The van der Waals surface area contributed by atoms with E-state index < -0.39 is 0 Å². The Bertz CT molecular complexity index is 275. The maximum absolute atomic E-state index is 6.29. The van der Waals surface area contributed by atoms with E-state index in [0.29, 0.717) is 6.04 Å². The molecule has 1 N–H and O–H groups in total. The van der Waals surface area contributed by atoms with Crippen LogP contribution in [0.25, 0.3) is 0 Å². The summed E-state index contributed by atoms with van der Waals surface area (Å²) in [4.78, 5) is 0. The molecule has 1 aliphatic heterocycles. The molecule has 118 valence electrons. The fourth-order valence-corrected chi connectivity index (χ4v) is 4.66. The lowest BCUT2D eigenvalue weighted by atomic mass is 9.69. The van der Waals surface area contributed by atoms with E-state index in [2.05, 4.69) is 33.0 Å². The van der Waals surface area contributed by atoms with Crippen LogP contribution in [0.1, 0.15) is 72.6 Å². The van der Waals surface area contributed by atoms with Crippen molar-refractivity contribution < 1.29 is 4.74 Å². The lowest BCUT2D eigenvalue weighted by Crippen LogP contribution is -2.57. The zero-order chi connectivity index (χ0) is 14.6. The molecule has 1 saturated carbocycles. The van der Waals surface area contributed by atoms with Crippen molar-refractivity contribution in [2.45, 2.75) is 84.3 Å². The topological polar surface area (TPSA) is 21.3 Å². The number of rotatable bonds is 5. The molecule has 2 heteroatoms. The Kier molecular flexibility index (Phi) is 5.92. The van der Waals surface area contributed by atoms with Crippen LogP contribution in [-0.2, 0) is 4.74 Å². The van der Waals surface area contributed by atoms with Crippen LogP contribution in [0, 0.1) is 17.8 Å². The SMILES string of the molecule is CCCNC(C1CC(C)CC(C)C1)C1(C)CCCCO1. The second-order valence-electron chi connectivity index (χ2n) is 7.73. The molecule has 2 rings (SSSR count). The lowest BCUT2D eigenvalue weighted by Gasteiger charge is -2.47. The molecule has 0 aromatic carbocycles. The summed E-state index contributed by atoms with van der Waals surface area (Å²) in [7, 11) is 0. The molecule has 4 unspecified atom stereocenters. The Balaban J connectivity index is 2.09. The van der Waals surface area contributed by atoms with E-state index in [0.717, 1.165) is 30.9 Å². The third kappa shape index (κ3) is 3.98. The minimum Gasteiger partial charge on any atom is -0.374 e. The van der Waals surface area contributed by atoms with Crippen molar-refractivity contribution in [2.75, 3.05) is 13.2 Å². The van der Waals surface area contributed by atoms with E-state index in [1.165, 1.54) is 44.9 Å². The van der Waals surface area contributed by atoms with Crippen molar-refractivity contribution in [1.82, 2.24) is 5.32 Å². The predicted octanol–water partition coefficient (Wildman–Crippen LogP) is 4.39. The van der Waals surface area contributed by atoms with E-state index in [1.54, 1.807) is 0 Å². The van der Waals surface area contributed by atoms with Gasteiger partial charge in [-0.05, 0) is 76.2 Å². The molecule has 0 aromatic heterocycles. The van der Waals surface area contributed by atoms with Crippen molar-refractivity contribution in [3.05, 3.63) is 0 Å². The minimum atomic E-state index is 0.0644. The Morgan fingerprint density at radius 1 is 1.15 bits per heavy atom. The molecular weight excluding hydrogens is 246 g/mol. The van der Waals surface area contributed by atoms with Crippen LogP contribution in [-0.4, -0.2) is 24.8 Å². The average molecular weight is 281 g/mol. The summed E-state index contributed by atoms with van der Waals surface area (Å²) in [5.74, 6) is 2.55. The molecule has 0 aromatic rings. The van der Waals surface area contributed by atoms with E-state index in [9.17, 15) is 0 Å². The summed E-state index contributed by atoms with van der Waals surface area (Å²) in [6, 6.07) is 0.549. The summed E-state index contributed by atoms with van der Waals surface area (Å²) in [6.07, 6.45) is 9.19. The first-order chi connectivity index (χ1) is 9.55. The van der Waals surface area contributed by atoms with Gasteiger partial charge in [-0.25, -0.2) is 0 Å². The fraction of sp³-hybridized carbons (Fsp3) is 1.00. The Labute approximate surface area is 126 Å². The van der Waals surface area contributed by atoms with E-state index in [1.807, 2.05) is 0 Å². The molecule has 0 spiro atoms. The molecule has 2 aliphatic rings. The molecule has 1 saturated heterocycles. The van der Waals surface area contributed by atoms with Crippen molar-refractivity contribution in [2.24, 2.45) is 17.8 Å². The molecular formula is C18H35NO. The van der Waals surface area contributed by atoms with E-state index in [4.69, 9.17) is 4.74 Å². The Morgan fingerprint density at radius 2 is 1.85 bits per heavy atom. The standard InChI is InChI=1S/C18H35NO/c1-5-9-19-17(18(4)8-6-7-10-20-18)16-12-14(2)11-15(3)13-16/h14-17,19H,5-13H2,1-4H3. The van der Waals surface area contributed by atoms with Crippen LogP contribution in [0.15, 0.2) is 0 Å². The molecule has 2 nitrogen and oxygen atoms in total. The number of hydrogen-bond acceptors (Lipinski definition) is 2. The third-order valence-electron chi connectivity index (χ3n) is 5.46. The number of nitrogens with one attached hydrogen (secondary N) is 1. The molecule has 0 bridgehead atoms. The Morgan fingerprint density at radius 3 is 2.40 bits per heavy atom. The first-order valence-electron chi connectivity index (χ1n) is 8.92. The van der Waals surface area contributed by atoms with Crippen molar-refractivity contribution in [3.63, 3.8) is 0 Å². The van der Waals surface area contributed by atoms with Crippen LogP contribution < -0.4 is 5.32 Å². The number of ether oxygens (including phenoxy) is 1. The number of hydrogen-bond donors (Lipinski definition) is 1. The van der Waals surface area contributed by atoms with Gasteiger partial charge < -0.3 is 10.1 Å². The van der Waals surface area contributed by atoms with Gasteiger partial charge in [-0.15, -0.1) is 0 Å². The summed E-state index contributed by atoms with van der Waals surface area (Å²) in [5, 5.41) is 3.87. The van der Waals surface area contributed by atoms with Crippen LogP contribution in [0.4, 0.5) is 0 Å². The first kappa shape index (κ1) is 16.3. The predicted molar refractivity (Wildman–Crippen MR) is 86.0 cm³/mol. The van der Waals surface area contributed by atoms with Gasteiger partial charge in [0.15, 0.2) is 0 Å². The maximum atomic E-state index is 6.29. The highest BCUT2D eigenvalue weighted by molar-refractivity contribution is 4.97. The highest BCUT2D eigenvalue weighted by atomic mass is 16.5. The van der Waals surface area contributed by atoms with Crippen molar-refractivity contribution in [1.29, 1.82) is 0 Å². The van der Waals surface area contributed by atoms with Gasteiger partial charge in [0.1, 0.15) is 0 Å². The molecule has 1 aliphatic carbocycles. The molecule has 0 radical (unpaired) electrons. The lowest BCUT2D eigenvalue weighted by molar-refractivity contribution is -0.106. The van der Waals surface area contributed by atoms with Gasteiger partial charge in [-0.1, -0.05) is 20.8 Å². The van der Waals surface area contributed by atoms with Gasteiger partial charge in [0, 0.05) is 12.6 Å². The van der Waals surface area contributed by atoms with Crippen LogP contribution in [0.2, 0.25) is 0 Å². The summed E-state index contributed by atoms with van der Waals surface area (Å²) in [6.45, 7) is 11.6. The quantitative estimate of drug-likeness (QED) is 0.807. The van der Waals surface area contributed by atoms with E-state index in [-0.39, 0.29) is 5.60 Å². The zero-order valence-electron chi connectivity index (χ0n) is 14.1. The van der Waals surface area contributed by atoms with Gasteiger partial charge in [0.25, 0.3) is 0 Å². The van der Waals surface area contributed by atoms with E-state index >= 15 is 0 Å². The Hall–Kier alpha value is -0.0800. The van der Waals surface area contributed by atoms with Gasteiger partial charge in [0.2, 0.25) is 0 Å². The largest absolute Gasteiger partial charge is 0.374 e. The van der Waals surface area contributed by atoms with Gasteiger partial charge in [0.05, 0.1) is 5.60 Å².